The highest BCUT2D eigenvalue weighted by Gasteiger charge is 2.13. The Labute approximate surface area is 177 Å². The summed E-state index contributed by atoms with van der Waals surface area (Å²) in [4.78, 5) is 11.6. The van der Waals surface area contributed by atoms with E-state index in [9.17, 15) is 0 Å². The molecule has 0 bridgehead atoms. The molecule has 4 rings (SSSR count). The second kappa shape index (κ2) is 9.86. The van der Waals surface area contributed by atoms with E-state index in [1.165, 1.54) is 0 Å². The van der Waals surface area contributed by atoms with Gasteiger partial charge in [-0.3, -0.25) is 9.58 Å². The first-order valence-corrected chi connectivity index (χ1v) is 10.7. The lowest BCUT2D eigenvalue weighted by molar-refractivity contribution is 0.0322. The van der Waals surface area contributed by atoms with E-state index >= 15 is 0 Å². The highest BCUT2D eigenvalue weighted by Crippen LogP contribution is 2.21. The van der Waals surface area contributed by atoms with Crippen LogP contribution in [0.3, 0.4) is 0 Å². The first kappa shape index (κ1) is 20.6. The van der Waals surface area contributed by atoms with Crippen LogP contribution in [0, 0.1) is 0 Å². The minimum absolute atomic E-state index is 0.600. The van der Waals surface area contributed by atoms with Crippen molar-refractivity contribution in [2.45, 2.75) is 26.3 Å². The standard InChI is InChI=1S/C22H30N6O2/c1-3-6-18-21-19(27(2)26-18)16-24-22(25-21)23-15-17-7-4-5-8-20(17)30-14-11-28-9-12-29-13-10-28/h4-5,7-8,16H,3,6,9-15H2,1-2H3,(H,23,24,25). The number of hydrogen-bond acceptors (Lipinski definition) is 7. The van der Waals surface area contributed by atoms with E-state index < -0.39 is 0 Å². The number of fused-ring (bicyclic) bond motifs is 1. The van der Waals surface area contributed by atoms with E-state index in [0.717, 1.165) is 73.7 Å². The van der Waals surface area contributed by atoms with E-state index in [4.69, 9.17) is 14.5 Å². The van der Waals surface area contributed by atoms with Crippen molar-refractivity contribution in [2.24, 2.45) is 7.05 Å². The van der Waals surface area contributed by atoms with Gasteiger partial charge in [0.2, 0.25) is 5.95 Å². The van der Waals surface area contributed by atoms with Crippen molar-refractivity contribution in [3.63, 3.8) is 0 Å². The van der Waals surface area contributed by atoms with Crippen LogP contribution < -0.4 is 10.1 Å². The summed E-state index contributed by atoms with van der Waals surface area (Å²) in [5.74, 6) is 1.50. The molecule has 0 aliphatic carbocycles. The molecule has 160 valence electrons. The van der Waals surface area contributed by atoms with Crippen LogP contribution in [0.2, 0.25) is 0 Å². The summed E-state index contributed by atoms with van der Waals surface area (Å²) in [6.45, 7) is 7.88. The number of morpholine rings is 1. The van der Waals surface area contributed by atoms with Crippen molar-refractivity contribution in [1.29, 1.82) is 0 Å². The molecule has 30 heavy (non-hydrogen) atoms. The number of rotatable bonds is 9. The first-order chi connectivity index (χ1) is 14.7. The average molecular weight is 411 g/mol. The largest absolute Gasteiger partial charge is 0.492 e. The van der Waals surface area contributed by atoms with Crippen LogP contribution in [0.1, 0.15) is 24.6 Å². The first-order valence-electron chi connectivity index (χ1n) is 10.7. The summed E-state index contributed by atoms with van der Waals surface area (Å²) < 4.78 is 13.3. The maximum Gasteiger partial charge on any atom is 0.223 e. The third kappa shape index (κ3) is 4.88. The molecule has 8 nitrogen and oxygen atoms in total. The second-order valence-corrected chi connectivity index (χ2v) is 7.51. The van der Waals surface area contributed by atoms with Crippen LogP contribution in [-0.4, -0.2) is 64.1 Å². The number of nitrogens with zero attached hydrogens (tertiary/aromatic N) is 5. The normalized spacial score (nSPS) is 14.9. The molecular weight excluding hydrogens is 380 g/mol. The second-order valence-electron chi connectivity index (χ2n) is 7.51. The number of ether oxygens (including phenoxy) is 2. The molecule has 2 aromatic heterocycles. The Morgan fingerprint density at radius 3 is 2.87 bits per heavy atom. The number of aryl methyl sites for hydroxylation is 2. The van der Waals surface area contributed by atoms with E-state index in [0.29, 0.717) is 19.1 Å². The van der Waals surface area contributed by atoms with Crippen molar-refractivity contribution >= 4 is 17.0 Å². The predicted molar refractivity (Wildman–Crippen MR) is 117 cm³/mol. The molecule has 0 radical (unpaired) electrons. The molecule has 1 fully saturated rings. The molecule has 8 heteroatoms. The van der Waals surface area contributed by atoms with Crippen molar-refractivity contribution < 1.29 is 9.47 Å². The maximum absolute atomic E-state index is 6.08. The summed E-state index contributed by atoms with van der Waals surface area (Å²) >= 11 is 0. The van der Waals surface area contributed by atoms with Crippen molar-refractivity contribution in [2.75, 3.05) is 44.8 Å². The van der Waals surface area contributed by atoms with E-state index in [1.807, 2.05) is 36.1 Å². The van der Waals surface area contributed by atoms with Gasteiger partial charge in [0, 0.05) is 38.8 Å². The number of nitrogens with one attached hydrogen (secondary N) is 1. The number of para-hydroxylation sites is 1. The van der Waals surface area contributed by atoms with Gasteiger partial charge in [-0.05, 0) is 12.5 Å². The monoisotopic (exact) mass is 410 g/mol. The zero-order valence-corrected chi connectivity index (χ0v) is 17.8. The van der Waals surface area contributed by atoms with Crippen LogP contribution in [0.5, 0.6) is 5.75 Å². The van der Waals surface area contributed by atoms with Gasteiger partial charge in [0.15, 0.2) is 0 Å². The van der Waals surface area contributed by atoms with Crippen LogP contribution in [0.15, 0.2) is 30.5 Å². The van der Waals surface area contributed by atoms with Gasteiger partial charge in [-0.1, -0.05) is 31.5 Å². The smallest absolute Gasteiger partial charge is 0.223 e. The van der Waals surface area contributed by atoms with Gasteiger partial charge < -0.3 is 14.8 Å². The Hall–Kier alpha value is -2.71. The van der Waals surface area contributed by atoms with Gasteiger partial charge in [0.1, 0.15) is 23.4 Å². The molecule has 1 aliphatic heterocycles. The van der Waals surface area contributed by atoms with Crippen LogP contribution in [0.4, 0.5) is 5.95 Å². The molecule has 0 unspecified atom stereocenters. The lowest BCUT2D eigenvalue weighted by Crippen LogP contribution is -2.38. The Balaban J connectivity index is 1.39. The Morgan fingerprint density at radius 1 is 1.20 bits per heavy atom. The molecule has 0 atom stereocenters. The van der Waals surface area contributed by atoms with Crippen LogP contribution in [-0.2, 0) is 24.8 Å². The molecule has 1 aliphatic rings. The number of hydrogen-bond donors (Lipinski definition) is 1. The summed E-state index contributed by atoms with van der Waals surface area (Å²) in [5.41, 5.74) is 3.98. The highest BCUT2D eigenvalue weighted by molar-refractivity contribution is 5.77. The minimum Gasteiger partial charge on any atom is -0.492 e. The maximum atomic E-state index is 6.08. The van der Waals surface area contributed by atoms with Crippen LogP contribution in [0.25, 0.3) is 11.0 Å². The van der Waals surface area contributed by atoms with Gasteiger partial charge in [0.25, 0.3) is 0 Å². The lowest BCUT2D eigenvalue weighted by atomic mass is 10.2. The molecule has 1 aromatic carbocycles. The molecule has 3 aromatic rings. The van der Waals surface area contributed by atoms with Crippen LogP contribution >= 0.6 is 0 Å². The fourth-order valence-corrected chi connectivity index (χ4v) is 3.67. The molecule has 0 spiro atoms. The summed E-state index contributed by atoms with van der Waals surface area (Å²) in [6, 6.07) is 8.11. The molecular formula is C22H30N6O2. The molecule has 3 heterocycles. The third-order valence-corrected chi connectivity index (χ3v) is 5.33. The summed E-state index contributed by atoms with van der Waals surface area (Å²) in [7, 11) is 1.93. The van der Waals surface area contributed by atoms with E-state index in [1.54, 1.807) is 0 Å². The summed E-state index contributed by atoms with van der Waals surface area (Å²) in [6.07, 6.45) is 3.78. The van der Waals surface area contributed by atoms with Gasteiger partial charge >= 0.3 is 0 Å². The molecule has 0 saturated carbocycles. The van der Waals surface area contributed by atoms with E-state index in [2.05, 4.69) is 33.3 Å². The fraction of sp³-hybridized carbons (Fsp3) is 0.500. The van der Waals surface area contributed by atoms with Crippen molar-refractivity contribution in [1.82, 2.24) is 24.6 Å². The van der Waals surface area contributed by atoms with Gasteiger partial charge in [-0.25, -0.2) is 9.97 Å². The Morgan fingerprint density at radius 2 is 2.03 bits per heavy atom. The molecule has 1 N–H and O–H groups in total. The lowest BCUT2D eigenvalue weighted by Gasteiger charge is -2.26. The van der Waals surface area contributed by atoms with E-state index in [-0.39, 0.29) is 0 Å². The third-order valence-electron chi connectivity index (χ3n) is 5.33. The topological polar surface area (TPSA) is 77.3 Å². The molecule has 1 saturated heterocycles. The fourth-order valence-electron chi connectivity index (χ4n) is 3.67. The van der Waals surface area contributed by atoms with Crippen molar-refractivity contribution in [3.8, 4) is 5.75 Å². The zero-order chi connectivity index (χ0) is 20.8. The van der Waals surface area contributed by atoms with Crippen molar-refractivity contribution in [3.05, 3.63) is 41.7 Å². The number of anilines is 1. The van der Waals surface area contributed by atoms with Gasteiger partial charge in [-0.2, -0.15) is 5.10 Å². The number of benzene rings is 1. The zero-order valence-electron chi connectivity index (χ0n) is 17.8. The van der Waals surface area contributed by atoms with Gasteiger partial charge in [0.05, 0.1) is 25.1 Å². The quantitative estimate of drug-likeness (QED) is 0.581. The number of aromatic nitrogens is 4. The average Bonchev–Trinajstić information content (AvgIpc) is 3.09. The predicted octanol–water partition coefficient (Wildman–Crippen LogP) is 2.64. The minimum atomic E-state index is 0.600. The summed E-state index contributed by atoms with van der Waals surface area (Å²) in [5, 5.41) is 7.93. The highest BCUT2D eigenvalue weighted by atomic mass is 16.5. The SMILES string of the molecule is CCCc1nn(C)c2cnc(NCc3ccccc3OCCN3CCOCC3)nc12. The Bertz CT molecular complexity index is 967. The molecule has 0 amide bonds. The van der Waals surface area contributed by atoms with Gasteiger partial charge in [-0.15, -0.1) is 0 Å². The Kier molecular flexibility index (Phi) is 6.76.